The molecule has 1 saturated carbocycles. The Morgan fingerprint density at radius 2 is 1.58 bits per heavy atom. The summed E-state index contributed by atoms with van der Waals surface area (Å²) in [6.07, 6.45) is -1.87. The number of amides is 4. The molecule has 1 aromatic heterocycles. The second-order valence-electron chi connectivity index (χ2n) is 7.83. The van der Waals surface area contributed by atoms with E-state index in [2.05, 4.69) is 25.9 Å². The van der Waals surface area contributed by atoms with Crippen LogP contribution >= 0.6 is 0 Å². The minimum absolute atomic E-state index is 0.0165. The standard InChI is InChI=1S/C23H19F3N6O4/c24-23(25,26)17-9-14(5-8-16(17)20(27)33)31-22(35)30-13-3-6-15(7-4-13)36-19-10-18(28-11-29-19)32-21(34)12-1-2-12/h3-12H,1-2H2,(H2,27,33)(H2,30,31,35)(H,28,29,32,34). The van der Waals surface area contributed by atoms with Crippen molar-refractivity contribution in [1.82, 2.24) is 9.97 Å². The van der Waals surface area contributed by atoms with Crippen molar-refractivity contribution in [2.75, 3.05) is 16.0 Å². The quantitative estimate of drug-likeness (QED) is 0.378. The smallest absolute Gasteiger partial charge is 0.417 e. The Morgan fingerprint density at radius 1 is 0.917 bits per heavy atom. The maximum absolute atomic E-state index is 13.2. The molecule has 5 N–H and O–H groups in total. The third-order valence-electron chi connectivity index (χ3n) is 5.02. The second-order valence-corrected chi connectivity index (χ2v) is 7.83. The van der Waals surface area contributed by atoms with Gasteiger partial charge in [0.2, 0.25) is 17.7 Å². The summed E-state index contributed by atoms with van der Waals surface area (Å²) in [7, 11) is 0. The number of nitrogens with two attached hydrogens (primary N) is 1. The summed E-state index contributed by atoms with van der Waals surface area (Å²) in [6, 6.07) is 9.38. The van der Waals surface area contributed by atoms with Crippen LogP contribution in [-0.4, -0.2) is 27.8 Å². The van der Waals surface area contributed by atoms with E-state index in [4.69, 9.17) is 10.5 Å². The number of halogens is 3. The molecule has 4 amide bonds. The lowest BCUT2D eigenvalue weighted by Gasteiger charge is -2.14. The van der Waals surface area contributed by atoms with Crippen molar-refractivity contribution < 1.29 is 32.3 Å². The second kappa shape index (κ2) is 9.90. The van der Waals surface area contributed by atoms with Gasteiger partial charge in [-0.05, 0) is 55.3 Å². The lowest BCUT2D eigenvalue weighted by molar-refractivity contribution is -0.137. The first-order valence-corrected chi connectivity index (χ1v) is 10.6. The first-order chi connectivity index (χ1) is 17.1. The van der Waals surface area contributed by atoms with Gasteiger partial charge in [-0.3, -0.25) is 9.59 Å². The monoisotopic (exact) mass is 500 g/mol. The van der Waals surface area contributed by atoms with Gasteiger partial charge in [0.15, 0.2) is 0 Å². The molecule has 0 unspecified atom stereocenters. The zero-order chi connectivity index (χ0) is 25.9. The number of hydrogen-bond donors (Lipinski definition) is 4. The van der Waals surface area contributed by atoms with E-state index in [-0.39, 0.29) is 23.4 Å². The molecule has 1 aliphatic carbocycles. The molecule has 0 atom stereocenters. The van der Waals surface area contributed by atoms with Crippen LogP contribution in [0.15, 0.2) is 54.9 Å². The van der Waals surface area contributed by atoms with Crippen molar-refractivity contribution in [2.45, 2.75) is 19.0 Å². The lowest BCUT2D eigenvalue weighted by atomic mass is 10.1. The summed E-state index contributed by atoms with van der Waals surface area (Å²) in [4.78, 5) is 43.3. The molecule has 13 heteroatoms. The van der Waals surface area contributed by atoms with Crippen LogP contribution in [0.25, 0.3) is 0 Å². The van der Waals surface area contributed by atoms with Crippen molar-refractivity contribution in [3.63, 3.8) is 0 Å². The fourth-order valence-corrected chi connectivity index (χ4v) is 3.13. The van der Waals surface area contributed by atoms with Crippen LogP contribution in [0.3, 0.4) is 0 Å². The molecule has 1 heterocycles. The van der Waals surface area contributed by atoms with Gasteiger partial charge in [-0.25, -0.2) is 14.8 Å². The van der Waals surface area contributed by atoms with Gasteiger partial charge in [-0.15, -0.1) is 0 Å². The highest BCUT2D eigenvalue weighted by Gasteiger charge is 2.35. The molecule has 0 saturated heterocycles. The van der Waals surface area contributed by atoms with Gasteiger partial charge in [0.1, 0.15) is 17.9 Å². The number of primary amides is 1. The third kappa shape index (κ3) is 6.25. The molecule has 0 spiro atoms. The number of anilines is 3. The van der Waals surface area contributed by atoms with Crippen molar-refractivity contribution >= 4 is 35.0 Å². The number of nitrogens with zero attached hydrogens (tertiary/aromatic N) is 2. The number of carbonyl (C=O) groups is 3. The van der Waals surface area contributed by atoms with Crippen LogP contribution < -0.4 is 26.4 Å². The van der Waals surface area contributed by atoms with Gasteiger partial charge in [0.05, 0.1) is 11.1 Å². The number of hydrogen-bond acceptors (Lipinski definition) is 6. The Labute approximate surface area is 202 Å². The molecule has 186 valence electrons. The predicted octanol–water partition coefficient (Wildman–Crippen LogP) is 4.38. The normalized spacial score (nSPS) is 13.0. The van der Waals surface area contributed by atoms with Crippen molar-refractivity contribution in [1.29, 1.82) is 0 Å². The first-order valence-electron chi connectivity index (χ1n) is 10.6. The van der Waals surface area contributed by atoms with Crippen molar-refractivity contribution in [3.05, 3.63) is 66.0 Å². The third-order valence-corrected chi connectivity index (χ3v) is 5.02. The molecule has 1 fully saturated rings. The van der Waals surface area contributed by atoms with Crippen LogP contribution in [0.2, 0.25) is 0 Å². The molecule has 10 nitrogen and oxygen atoms in total. The van der Waals surface area contributed by atoms with Crippen LogP contribution in [0, 0.1) is 5.92 Å². The molecule has 2 aromatic carbocycles. The molecule has 0 radical (unpaired) electrons. The van der Waals surface area contributed by atoms with E-state index in [0.29, 0.717) is 23.3 Å². The summed E-state index contributed by atoms with van der Waals surface area (Å²) >= 11 is 0. The Hall–Kier alpha value is -4.68. The number of nitrogens with one attached hydrogen (secondary N) is 3. The summed E-state index contributed by atoms with van der Waals surface area (Å²) in [5.41, 5.74) is 3.18. The van der Waals surface area contributed by atoms with E-state index < -0.39 is 29.2 Å². The molecule has 4 rings (SSSR count). The number of alkyl halides is 3. The van der Waals surface area contributed by atoms with Gasteiger partial charge in [-0.2, -0.15) is 13.2 Å². The summed E-state index contributed by atoms with van der Waals surface area (Å²) in [5, 5.41) is 7.44. The number of ether oxygens (including phenoxy) is 1. The highest BCUT2D eigenvalue weighted by Crippen LogP contribution is 2.34. The molecule has 0 bridgehead atoms. The molecular formula is C23H19F3N6O4. The van der Waals surface area contributed by atoms with Crippen molar-refractivity contribution in [3.8, 4) is 11.6 Å². The number of rotatable bonds is 7. The van der Waals surface area contributed by atoms with Gasteiger partial charge in [0, 0.05) is 23.4 Å². The lowest BCUT2D eigenvalue weighted by Crippen LogP contribution is -2.22. The molecule has 3 aromatic rings. The van der Waals surface area contributed by atoms with Crippen LogP contribution in [0.1, 0.15) is 28.8 Å². The summed E-state index contributed by atoms with van der Waals surface area (Å²) < 4.78 is 45.2. The average Bonchev–Trinajstić information content (AvgIpc) is 3.65. The molecule has 0 aliphatic heterocycles. The van der Waals surface area contributed by atoms with Gasteiger partial charge in [-0.1, -0.05) is 0 Å². The van der Waals surface area contributed by atoms with Crippen molar-refractivity contribution in [2.24, 2.45) is 11.7 Å². The van der Waals surface area contributed by atoms with Crippen LogP contribution in [0.4, 0.5) is 35.2 Å². The number of urea groups is 1. The zero-order valence-electron chi connectivity index (χ0n) is 18.4. The SMILES string of the molecule is NC(=O)c1ccc(NC(=O)Nc2ccc(Oc3cc(NC(=O)C4CC4)ncn3)cc2)cc1C(F)(F)F. The zero-order valence-corrected chi connectivity index (χ0v) is 18.4. The predicted molar refractivity (Wildman–Crippen MR) is 123 cm³/mol. The van der Waals surface area contributed by atoms with Gasteiger partial charge < -0.3 is 26.4 Å². The minimum atomic E-state index is -4.83. The van der Waals surface area contributed by atoms with Crippen LogP contribution in [0.5, 0.6) is 11.6 Å². The van der Waals surface area contributed by atoms with E-state index >= 15 is 0 Å². The first kappa shape index (κ1) is 24.4. The number of aromatic nitrogens is 2. The number of benzene rings is 2. The largest absolute Gasteiger partial charge is 0.439 e. The van der Waals surface area contributed by atoms with Gasteiger partial charge >= 0.3 is 12.2 Å². The average molecular weight is 500 g/mol. The van der Waals surface area contributed by atoms with E-state index in [9.17, 15) is 27.6 Å². The van der Waals surface area contributed by atoms with E-state index in [1.165, 1.54) is 36.7 Å². The Kier molecular flexibility index (Phi) is 6.72. The van der Waals surface area contributed by atoms with E-state index in [0.717, 1.165) is 25.0 Å². The van der Waals surface area contributed by atoms with E-state index in [1.807, 2.05) is 0 Å². The topological polar surface area (TPSA) is 148 Å². The maximum atomic E-state index is 13.2. The minimum Gasteiger partial charge on any atom is -0.439 e. The Balaban J connectivity index is 1.36. The van der Waals surface area contributed by atoms with E-state index in [1.54, 1.807) is 0 Å². The Bertz CT molecular complexity index is 1310. The van der Waals surface area contributed by atoms with Gasteiger partial charge in [0.25, 0.3) is 0 Å². The summed E-state index contributed by atoms with van der Waals surface area (Å²) in [5.74, 6) is -0.453. The molecule has 1 aliphatic rings. The number of carbonyl (C=O) groups excluding carboxylic acids is 3. The fourth-order valence-electron chi connectivity index (χ4n) is 3.13. The summed E-state index contributed by atoms with van der Waals surface area (Å²) in [6.45, 7) is 0. The Morgan fingerprint density at radius 3 is 2.22 bits per heavy atom. The molecular weight excluding hydrogens is 481 g/mol. The highest BCUT2D eigenvalue weighted by atomic mass is 19.4. The highest BCUT2D eigenvalue weighted by molar-refractivity contribution is 6.01. The maximum Gasteiger partial charge on any atom is 0.417 e. The van der Waals surface area contributed by atoms with Crippen LogP contribution in [-0.2, 0) is 11.0 Å². The molecule has 36 heavy (non-hydrogen) atoms. The fraction of sp³-hybridized carbons (Fsp3) is 0.174.